The molecule has 106 valence electrons. The Morgan fingerprint density at radius 2 is 2.47 bits per heavy atom. The second kappa shape index (κ2) is 6.19. The van der Waals surface area contributed by atoms with E-state index in [2.05, 4.69) is 14.7 Å². The van der Waals surface area contributed by atoms with E-state index in [0.717, 1.165) is 29.4 Å². The van der Waals surface area contributed by atoms with E-state index < -0.39 is 5.54 Å². The maximum Gasteiger partial charge on any atom is 0.326 e. The first-order valence-electron chi connectivity index (χ1n) is 6.42. The summed E-state index contributed by atoms with van der Waals surface area (Å²) < 4.78 is 10.4. The van der Waals surface area contributed by atoms with Gasteiger partial charge in [0.05, 0.1) is 6.61 Å². The monoisotopic (exact) mass is 301 g/mol. The smallest absolute Gasteiger partial charge is 0.326 e. The summed E-state index contributed by atoms with van der Waals surface area (Å²) >= 11 is 3.15. The minimum absolute atomic E-state index is 0.131. The number of carbonyl (C=O) groups excluding carboxylic acids is 1. The number of aryl methyl sites for hydroxylation is 1. The largest absolute Gasteiger partial charge is 0.465 e. The van der Waals surface area contributed by atoms with E-state index in [0.29, 0.717) is 11.9 Å². The van der Waals surface area contributed by atoms with E-state index in [-0.39, 0.29) is 5.97 Å². The standard InChI is InChI=1S/C12H19N3O2S2/c1-4-17-10(16)12(13-3)6-5-9(7-12)18-11-14-8(2)15-19-11/h9,13H,4-7H2,1-3H3. The maximum absolute atomic E-state index is 12.1. The molecule has 2 rings (SSSR count). The molecule has 5 nitrogen and oxygen atoms in total. The molecule has 1 aromatic heterocycles. The summed E-state index contributed by atoms with van der Waals surface area (Å²) in [6, 6.07) is 0. The zero-order valence-electron chi connectivity index (χ0n) is 11.4. The molecule has 7 heteroatoms. The van der Waals surface area contributed by atoms with Crippen LogP contribution in [0, 0.1) is 6.92 Å². The fourth-order valence-electron chi connectivity index (χ4n) is 2.35. The van der Waals surface area contributed by atoms with Crippen molar-refractivity contribution in [1.82, 2.24) is 14.7 Å². The highest BCUT2D eigenvalue weighted by atomic mass is 32.2. The van der Waals surface area contributed by atoms with Crippen molar-refractivity contribution in [2.45, 2.75) is 48.2 Å². The molecule has 0 radical (unpaired) electrons. The zero-order valence-corrected chi connectivity index (χ0v) is 13.1. The summed E-state index contributed by atoms with van der Waals surface area (Å²) in [6.07, 6.45) is 2.59. The molecule has 2 atom stereocenters. The van der Waals surface area contributed by atoms with Crippen molar-refractivity contribution in [2.75, 3.05) is 13.7 Å². The Bertz CT molecular complexity index is 452. The zero-order chi connectivity index (χ0) is 13.9. The number of hydrogen-bond acceptors (Lipinski definition) is 7. The number of thioether (sulfide) groups is 1. The van der Waals surface area contributed by atoms with Gasteiger partial charge in [-0.25, -0.2) is 4.98 Å². The Morgan fingerprint density at radius 1 is 1.68 bits per heavy atom. The van der Waals surface area contributed by atoms with E-state index >= 15 is 0 Å². The molecule has 1 heterocycles. The fraction of sp³-hybridized carbons (Fsp3) is 0.750. The number of likely N-dealkylation sites (N-methyl/N-ethyl adjacent to an activating group) is 1. The molecule has 0 saturated heterocycles. The van der Waals surface area contributed by atoms with Gasteiger partial charge in [0.1, 0.15) is 11.4 Å². The Kier molecular flexibility index (Phi) is 4.81. The average molecular weight is 301 g/mol. The molecule has 0 aromatic carbocycles. The van der Waals surface area contributed by atoms with Crippen LogP contribution in [0.2, 0.25) is 0 Å². The summed E-state index contributed by atoms with van der Waals surface area (Å²) in [4.78, 5) is 16.4. The number of esters is 1. The van der Waals surface area contributed by atoms with Gasteiger partial charge in [-0.2, -0.15) is 4.37 Å². The highest BCUT2D eigenvalue weighted by Crippen LogP contribution is 2.41. The molecule has 0 bridgehead atoms. The lowest BCUT2D eigenvalue weighted by molar-refractivity contribution is -0.150. The van der Waals surface area contributed by atoms with Gasteiger partial charge >= 0.3 is 5.97 Å². The van der Waals surface area contributed by atoms with Crippen LogP contribution < -0.4 is 5.32 Å². The first kappa shape index (κ1) is 14.7. The molecule has 1 fully saturated rings. The van der Waals surface area contributed by atoms with Crippen LogP contribution in [0.15, 0.2) is 4.34 Å². The Balaban J connectivity index is 1.99. The number of nitrogens with one attached hydrogen (secondary N) is 1. The number of rotatable bonds is 5. The van der Waals surface area contributed by atoms with Crippen molar-refractivity contribution >= 4 is 29.3 Å². The Morgan fingerprint density at radius 3 is 3.05 bits per heavy atom. The van der Waals surface area contributed by atoms with E-state index in [1.165, 1.54) is 11.5 Å². The quantitative estimate of drug-likeness (QED) is 0.839. The highest BCUT2D eigenvalue weighted by molar-refractivity contribution is 8.01. The topological polar surface area (TPSA) is 64.1 Å². The Labute approximate surface area is 121 Å². The van der Waals surface area contributed by atoms with Crippen molar-refractivity contribution in [3.8, 4) is 0 Å². The van der Waals surface area contributed by atoms with Crippen LogP contribution in [0.25, 0.3) is 0 Å². The highest BCUT2D eigenvalue weighted by Gasteiger charge is 2.45. The molecule has 1 saturated carbocycles. The molecule has 0 spiro atoms. The number of nitrogens with zero attached hydrogens (tertiary/aromatic N) is 2. The van der Waals surface area contributed by atoms with Gasteiger partial charge in [0.2, 0.25) is 0 Å². The number of aromatic nitrogens is 2. The molecule has 1 aromatic rings. The van der Waals surface area contributed by atoms with Gasteiger partial charge in [0.15, 0.2) is 4.34 Å². The lowest BCUT2D eigenvalue weighted by atomic mass is 9.98. The molecule has 0 amide bonds. The third-order valence-electron chi connectivity index (χ3n) is 3.39. The Hall–Kier alpha value is -0.660. The molecular formula is C12H19N3O2S2. The predicted octanol–water partition coefficient (Wildman–Crippen LogP) is 2.01. The molecule has 1 aliphatic carbocycles. The minimum Gasteiger partial charge on any atom is -0.465 e. The average Bonchev–Trinajstić information content (AvgIpc) is 2.98. The van der Waals surface area contributed by atoms with E-state index in [1.807, 2.05) is 20.9 Å². The summed E-state index contributed by atoms with van der Waals surface area (Å²) in [7, 11) is 1.83. The number of hydrogen-bond donors (Lipinski definition) is 1. The van der Waals surface area contributed by atoms with Crippen LogP contribution in [-0.2, 0) is 9.53 Å². The SMILES string of the molecule is CCOC(=O)C1(NC)CCC(Sc2nc(C)ns2)C1. The number of carbonyl (C=O) groups is 1. The van der Waals surface area contributed by atoms with Crippen molar-refractivity contribution in [2.24, 2.45) is 0 Å². The van der Waals surface area contributed by atoms with Crippen LogP contribution >= 0.6 is 23.3 Å². The van der Waals surface area contributed by atoms with Gasteiger partial charge in [0, 0.05) is 5.25 Å². The summed E-state index contributed by atoms with van der Waals surface area (Å²) in [6.45, 7) is 4.16. The normalized spacial score (nSPS) is 26.6. The van der Waals surface area contributed by atoms with Crippen LogP contribution in [0.1, 0.15) is 32.0 Å². The van der Waals surface area contributed by atoms with Gasteiger partial charge in [-0.3, -0.25) is 4.79 Å². The lowest BCUT2D eigenvalue weighted by Gasteiger charge is -2.26. The molecular weight excluding hydrogens is 282 g/mol. The fourth-order valence-corrected chi connectivity index (χ4v) is 4.54. The maximum atomic E-state index is 12.1. The van der Waals surface area contributed by atoms with Crippen LogP contribution in [-0.4, -0.2) is 39.8 Å². The van der Waals surface area contributed by atoms with E-state index in [4.69, 9.17) is 4.74 Å². The summed E-state index contributed by atoms with van der Waals surface area (Å²) in [5, 5.41) is 3.56. The van der Waals surface area contributed by atoms with E-state index in [9.17, 15) is 4.79 Å². The minimum atomic E-state index is -0.520. The molecule has 1 N–H and O–H groups in total. The van der Waals surface area contributed by atoms with Gasteiger partial charge in [-0.1, -0.05) is 11.8 Å². The number of ether oxygens (including phenoxy) is 1. The summed E-state index contributed by atoms with van der Waals surface area (Å²) in [5.74, 6) is 0.685. The van der Waals surface area contributed by atoms with Crippen LogP contribution in [0.5, 0.6) is 0 Å². The van der Waals surface area contributed by atoms with Gasteiger partial charge in [0.25, 0.3) is 0 Å². The molecule has 1 aliphatic rings. The van der Waals surface area contributed by atoms with Crippen molar-refractivity contribution < 1.29 is 9.53 Å². The van der Waals surface area contributed by atoms with Crippen molar-refractivity contribution in [3.63, 3.8) is 0 Å². The molecule has 19 heavy (non-hydrogen) atoms. The van der Waals surface area contributed by atoms with Crippen LogP contribution in [0.4, 0.5) is 0 Å². The van der Waals surface area contributed by atoms with Crippen molar-refractivity contribution in [3.05, 3.63) is 5.82 Å². The van der Waals surface area contributed by atoms with E-state index in [1.54, 1.807) is 11.8 Å². The third kappa shape index (κ3) is 3.27. The molecule has 0 aliphatic heterocycles. The second-order valence-electron chi connectivity index (χ2n) is 4.64. The first-order chi connectivity index (χ1) is 9.09. The lowest BCUT2D eigenvalue weighted by Crippen LogP contribution is -2.49. The third-order valence-corrected chi connectivity index (χ3v) is 5.53. The second-order valence-corrected chi connectivity index (χ2v) is 6.94. The van der Waals surface area contributed by atoms with Gasteiger partial charge < -0.3 is 10.1 Å². The van der Waals surface area contributed by atoms with Gasteiger partial charge in [-0.05, 0) is 51.7 Å². The van der Waals surface area contributed by atoms with Crippen molar-refractivity contribution in [1.29, 1.82) is 0 Å². The van der Waals surface area contributed by atoms with Crippen LogP contribution in [0.3, 0.4) is 0 Å². The summed E-state index contributed by atoms with van der Waals surface area (Å²) in [5.41, 5.74) is -0.520. The first-order valence-corrected chi connectivity index (χ1v) is 8.08. The van der Waals surface area contributed by atoms with Gasteiger partial charge in [-0.15, -0.1) is 0 Å². The predicted molar refractivity (Wildman–Crippen MR) is 76.6 cm³/mol. The molecule has 2 unspecified atom stereocenters.